The third-order valence-corrected chi connectivity index (χ3v) is 6.75. The number of nitrogens with zero attached hydrogens (tertiary/aromatic N) is 3. The molecule has 1 amide bonds. The highest BCUT2D eigenvalue weighted by molar-refractivity contribution is 7.88. The van der Waals surface area contributed by atoms with E-state index in [0.717, 1.165) is 37.9 Å². The van der Waals surface area contributed by atoms with E-state index in [-0.39, 0.29) is 12.3 Å². The largest absolute Gasteiger partial charge is 0.345 e. The van der Waals surface area contributed by atoms with E-state index in [9.17, 15) is 13.2 Å². The smallest absolute Gasteiger partial charge is 0.283 e. The Morgan fingerprint density at radius 2 is 1.68 bits per heavy atom. The Kier molecular flexibility index (Phi) is 6.41. The number of halogens is 1. The summed E-state index contributed by atoms with van der Waals surface area (Å²) in [4.78, 5) is 12.8. The Morgan fingerprint density at radius 3 is 2.35 bits per heavy atom. The second-order valence-corrected chi connectivity index (χ2v) is 9.43. The average Bonchev–Trinajstić information content (AvgIpc) is 2.77. The van der Waals surface area contributed by atoms with E-state index in [2.05, 4.69) is 9.82 Å². The predicted octanol–water partition coefficient (Wildman–Crippen LogP) is 3.40. The van der Waals surface area contributed by atoms with Crippen LogP contribution in [0.1, 0.15) is 30.4 Å². The van der Waals surface area contributed by atoms with Crippen LogP contribution >= 0.6 is 11.6 Å². The first-order valence-electron chi connectivity index (χ1n) is 10.1. The number of benzene rings is 2. The van der Waals surface area contributed by atoms with E-state index in [1.807, 2.05) is 35.3 Å². The van der Waals surface area contributed by atoms with Gasteiger partial charge in [0.05, 0.1) is 12.2 Å². The van der Waals surface area contributed by atoms with Crippen LogP contribution in [0.4, 0.5) is 0 Å². The topological polar surface area (TPSA) is 82.1 Å². The number of amides is 1. The first-order chi connectivity index (χ1) is 14.9. The van der Waals surface area contributed by atoms with Crippen molar-refractivity contribution in [2.45, 2.75) is 25.8 Å². The van der Waals surface area contributed by atoms with Crippen molar-refractivity contribution >= 4 is 39.1 Å². The molecule has 0 spiro atoms. The summed E-state index contributed by atoms with van der Waals surface area (Å²) in [6.07, 6.45) is 4.62. The number of piperidine rings is 1. The number of nitrogens with one attached hydrogen (secondary N) is 1. The Balaban J connectivity index is 1.69. The second-order valence-electron chi connectivity index (χ2n) is 7.47. The summed E-state index contributed by atoms with van der Waals surface area (Å²) >= 11 is 6.02. The van der Waals surface area contributed by atoms with Crippen LogP contribution in [0.15, 0.2) is 65.1 Å². The highest BCUT2D eigenvalue weighted by atomic mass is 35.5. The minimum atomic E-state index is -4.12. The first kappa shape index (κ1) is 21.5. The molecule has 0 bridgehead atoms. The Hall–Kier alpha value is -2.68. The zero-order valence-electron chi connectivity index (χ0n) is 16.9. The summed E-state index contributed by atoms with van der Waals surface area (Å²) in [5.41, 5.74) is 4.46. The van der Waals surface area contributed by atoms with Gasteiger partial charge in [0.25, 0.3) is 5.91 Å². The molecule has 162 valence electrons. The van der Waals surface area contributed by atoms with Crippen LogP contribution in [0.5, 0.6) is 0 Å². The van der Waals surface area contributed by atoms with Gasteiger partial charge < -0.3 is 0 Å². The Labute approximate surface area is 187 Å². The molecule has 4 rings (SSSR count). The zero-order chi connectivity index (χ0) is 21.8. The van der Waals surface area contributed by atoms with Crippen LogP contribution in [-0.4, -0.2) is 42.4 Å². The number of hydrogen-bond donors (Lipinski definition) is 1. The van der Waals surface area contributed by atoms with Crippen LogP contribution < -0.4 is 5.43 Å². The van der Waals surface area contributed by atoms with Gasteiger partial charge in [-0.15, -0.1) is 4.40 Å². The summed E-state index contributed by atoms with van der Waals surface area (Å²) in [5, 5.41) is 2.35. The molecule has 2 aliphatic rings. The Morgan fingerprint density at radius 1 is 1.00 bits per heavy atom. The molecule has 1 N–H and O–H groups in total. The van der Waals surface area contributed by atoms with Crippen molar-refractivity contribution in [2.24, 2.45) is 4.40 Å². The molecule has 2 heterocycles. The lowest BCUT2D eigenvalue weighted by Gasteiger charge is -2.30. The number of carbonyl (C=O) groups is 1. The van der Waals surface area contributed by atoms with Crippen molar-refractivity contribution in [3.8, 4) is 0 Å². The fourth-order valence-corrected chi connectivity index (χ4v) is 4.93. The summed E-state index contributed by atoms with van der Waals surface area (Å²) in [5.74, 6) is -0.531. The van der Waals surface area contributed by atoms with Gasteiger partial charge in [0.15, 0.2) is 0 Å². The van der Waals surface area contributed by atoms with E-state index in [0.29, 0.717) is 16.3 Å². The lowest BCUT2D eigenvalue weighted by molar-refractivity contribution is -0.119. The van der Waals surface area contributed by atoms with Gasteiger partial charge in [-0.3, -0.25) is 10.2 Å². The maximum absolute atomic E-state index is 13.1. The standard InChI is InChI=1S/C22H23ClN4O3S/c23-19-11-9-18(10-12-19)21-15-20(22(28)24-26-13-5-2-6-14-26)25-31(29,30)27(21)16-17-7-3-1-4-8-17/h1,3-4,7-12,15H,2,5-6,13-14,16H2,(H,24,28). The zero-order valence-corrected chi connectivity index (χ0v) is 18.4. The highest BCUT2D eigenvalue weighted by Crippen LogP contribution is 2.30. The van der Waals surface area contributed by atoms with Gasteiger partial charge in [-0.2, -0.15) is 8.42 Å². The van der Waals surface area contributed by atoms with Gasteiger partial charge in [-0.05, 0) is 42.2 Å². The van der Waals surface area contributed by atoms with Crippen molar-refractivity contribution in [3.63, 3.8) is 0 Å². The molecule has 31 heavy (non-hydrogen) atoms. The van der Waals surface area contributed by atoms with Gasteiger partial charge in [0.1, 0.15) is 5.71 Å². The molecule has 0 radical (unpaired) electrons. The molecule has 0 atom stereocenters. The van der Waals surface area contributed by atoms with Crippen molar-refractivity contribution in [3.05, 3.63) is 76.8 Å². The van der Waals surface area contributed by atoms with Crippen LogP contribution in [0, 0.1) is 0 Å². The Bertz CT molecular complexity index is 1110. The molecule has 2 aromatic carbocycles. The van der Waals surface area contributed by atoms with E-state index in [4.69, 9.17) is 11.6 Å². The minimum absolute atomic E-state index is 0.0994. The molecular formula is C22H23ClN4O3S. The molecule has 1 fully saturated rings. The number of hydrogen-bond acceptors (Lipinski definition) is 4. The summed E-state index contributed by atoms with van der Waals surface area (Å²) < 4.78 is 31.3. The predicted molar refractivity (Wildman–Crippen MR) is 121 cm³/mol. The van der Waals surface area contributed by atoms with Gasteiger partial charge in [0.2, 0.25) is 0 Å². The van der Waals surface area contributed by atoms with Gasteiger partial charge in [-0.1, -0.05) is 60.5 Å². The van der Waals surface area contributed by atoms with Gasteiger partial charge >= 0.3 is 10.2 Å². The van der Waals surface area contributed by atoms with Gasteiger partial charge in [-0.25, -0.2) is 9.31 Å². The van der Waals surface area contributed by atoms with Crippen molar-refractivity contribution in [1.29, 1.82) is 0 Å². The number of hydrazine groups is 1. The fraction of sp³-hybridized carbons (Fsp3) is 0.273. The van der Waals surface area contributed by atoms with Gasteiger partial charge in [0, 0.05) is 18.1 Å². The van der Waals surface area contributed by atoms with E-state index < -0.39 is 16.1 Å². The normalized spacial score (nSPS) is 18.8. The first-order valence-corrected chi connectivity index (χ1v) is 11.9. The SMILES string of the molecule is O=C(NN1CCCCC1)C1=NS(=O)(=O)N(Cc2ccccc2)C(c2ccc(Cl)cc2)=C1. The minimum Gasteiger partial charge on any atom is -0.283 e. The van der Waals surface area contributed by atoms with Crippen molar-refractivity contribution in [1.82, 2.24) is 14.7 Å². The quantitative estimate of drug-likeness (QED) is 0.744. The third kappa shape index (κ3) is 5.15. The molecule has 2 aromatic rings. The molecular weight excluding hydrogens is 436 g/mol. The molecule has 0 saturated carbocycles. The molecule has 1 saturated heterocycles. The molecule has 2 aliphatic heterocycles. The van der Waals surface area contributed by atoms with Crippen molar-refractivity contribution in [2.75, 3.05) is 13.1 Å². The van der Waals surface area contributed by atoms with E-state index in [1.54, 1.807) is 24.3 Å². The molecule has 7 nitrogen and oxygen atoms in total. The average molecular weight is 459 g/mol. The summed E-state index contributed by atoms with van der Waals surface area (Å²) in [7, 11) is -4.12. The molecule has 0 aromatic heterocycles. The maximum atomic E-state index is 13.1. The maximum Gasteiger partial charge on any atom is 0.345 e. The van der Waals surface area contributed by atoms with Crippen LogP contribution in [0.2, 0.25) is 5.02 Å². The third-order valence-electron chi connectivity index (χ3n) is 5.19. The summed E-state index contributed by atoms with van der Waals surface area (Å²) in [6.45, 7) is 1.57. The van der Waals surface area contributed by atoms with Crippen LogP contribution in [0.3, 0.4) is 0 Å². The number of carbonyl (C=O) groups excluding carboxylic acids is 1. The lowest BCUT2D eigenvalue weighted by atomic mass is 10.1. The molecule has 0 aliphatic carbocycles. The fourth-order valence-electron chi connectivity index (χ4n) is 3.60. The monoisotopic (exact) mass is 458 g/mol. The molecule has 0 unspecified atom stereocenters. The second kappa shape index (κ2) is 9.21. The lowest BCUT2D eigenvalue weighted by Crippen LogP contribution is -2.48. The van der Waals surface area contributed by atoms with E-state index >= 15 is 0 Å². The van der Waals surface area contributed by atoms with Crippen molar-refractivity contribution < 1.29 is 13.2 Å². The highest BCUT2D eigenvalue weighted by Gasteiger charge is 2.32. The molecule has 9 heteroatoms. The number of rotatable bonds is 5. The van der Waals surface area contributed by atoms with E-state index in [1.165, 1.54) is 10.4 Å². The summed E-state index contributed by atoms with van der Waals surface area (Å²) in [6, 6.07) is 16.1. The van der Waals surface area contributed by atoms with Crippen LogP contribution in [-0.2, 0) is 21.5 Å². The van der Waals surface area contributed by atoms with Crippen LogP contribution in [0.25, 0.3) is 5.70 Å².